The number of fused-ring (bicyclic) bond motifs is 2. The van der Waals surface area contributed by atoms with E-state index in [1.807, 2.05) is 26.0 Å². The van der Waals surface area contributed by atoms with Crippen LogP contribution in [0.5, 0.6) is 5.75 Å². The number of anilines is 1. The third kappa shape index (κ3) is 3.84. The number of Topliss-reactive ketones (excluding diaryl/α,β-unsaturated/α-hetero) is 1. The molecule has 194 valence electrons. The Labute approximate surface area is 221 Å². The van der Waals surface area contributed by atoms with Gasteiger partial charge in [0.15, 0.2) is 5.54 Å². The molecule has 0 aliphatic carbocycles. The summed E-state index contributed by atoms with van der Waals surface area (Å²) >= 11 is 0. The number of rotatable bonds is 8. The SMILES string of the molecule is CCCOc1ccc(C(O)=C2C(=O)C(=O)N(Cc3cccnc3)C23C(=O)N(CCC)c2ccccc23)cc1. The van der Waals surface area contributed by atoms with E-state index in [1.165, 1.54) is 4.90 Å². The van der Waals surface area contributed by atoms with Crippen LogP contribution >= 0.6 is 0 Å². The lowest BCUT2D eigenvalue weighted by Gasteiger charge is -2.34. The highest BCUT2D eigenvalue weighted by atomic mass is 16.5. The molecule has 1 atom stereocenters. The monoisotopic (exact) mass is 511 g/mol. The van der Waals surface area contributed by atoms with Gasteiger partial charge in [0.1, 0.15) is 11.5 Å². The number of aromatic nitrogens is 1. The zero-order chi connectivity index (χ0) is 26.9. The molecule has 1 spiro atoms. The van der Waals surface area contributed by atoms with Crippen LogP contribution in [0, 0.1) is 0 Å². The van der Waals surface area contributed by atoms with Crippen molar-refractivity contribution < 1.29 is 24.2 Å². The first-order chi connectivity index (χ1) is 18.4. The number of ether oxygens (including phenoxy) is 1. The molecule has 1 aromatic heterocycles. The molecule has 38 heavy (non-hydrogen) atoms. The molecule has 3 aromatic rings. The molecule has 3 heterocycles. The first kappa shape index (κ1) is 25.2. The van der Waals surface area contributed by atoms with E-state index in [0.29, 0.717) is 47.7 Å². The Balaban J connectivity index is 1.74. The number of amides is 2. The summed E-state index contributed by atoms with van der Waals surface area (Å²) in [6.07, 6.45) is 4.72. The Morgan fingerprint density at radius 2 is 1.74 bits per heavy atom. The average molecular weight is 512 g/mol. The number of likely N-dealkylation sites (tertiary alicyclic amines) is 1. The van der Waals surface area contributed by atoms with Gasteiger partial charge in [0.05, 0.1) is 17.9 Å². The minimum atomic E-state index is -1.81. The van der Waals surface area contributed by atoms with Crippen molar-refractivity contribution in [2.45, 2.75) is 38.8 Å². The van der Waals surface area contributed by atoms with Crippen molar-refractivity contribution in [3.05, 3.63) is 95.3 Å². The Kier molecular flexibility index (Phi) is 6.72. The van der Waals surface area contributed by atoms with Crippen molar-refractivity contribution >= 4 is 29.0 Å². The van der Waals surface area contributed by atoms with Gasteiger partial charge < -0.3 is 19.6 Å². The van der Waals surface area contributed by atoms with Gasteiger partial charge in [-0.2, -0.15) is 0 Å². The lowest BCUT2D eigenvalue weighted by molar-refractivity contribution is -0.144. The van der Waals surface area contributed by atoms with Crippen LogP contribution in [0.1, 0.15) is 43.4 Å². The number of pyridine rings is 1. The zero-order valence-electron chi connectivity index (χ0n) is 21.4. The molecule has 5 rings (SSSR count). The van der Waals surface area contributed by atoms with E-state index in [1.54, 1.807) is 65.8 Å². The van der Waals surface area contributed by atoms with Gasteiger partial charge in [0, 0.05) is 36.6 Å². The summed E-state index contributed by atoms with van der Waals surface area (Å²) in [5, 5.41) is 11.6. The quantitative estimate of drug-likeness (QED) is 0.273. The van der Waals surface area contributed by atoms with Crippen LogP contribution in [0.15, 0.2) is 78.6 Å². The molecule has 0 bridgehead atoms. The van der Waals surface area contributed by atoms with E-state index in [-0.39, 0.29) is 12.1 Å². The van der Waals surface area contributed by atoms with Gasteiger partial charge >= 0.3 is 0 Å². The highest BCUT2D eigenvalue weighted by Crippen LogP contribution is 2.54. The second-order valence-electron chi connectivity index (χ2n) is 9.36. The van der Waals surface area contributed by atoms with E-state index in [4.69, 9.17) is 4.74 Å². The molecular formula is C30H29N3O5. The fraction of sp³-hybridized carbons (Fsp3) is 0.267. The van der Waals surface area contributed by atoms with Gasteiger partial charge in [0.2, 0.25) is 0 Å². The Hall–Kier alpha value is -4.46. The van der Waals surface area contributed by atoms with Crippen LogP contribution in [0.25, 0.3) is 5.76 Å². The maximum Gasteiger partial charge on any atom is 0.296 e. The highest BCUT2D eigenvalue weighted by Gasteiger charge is 2.67. The maximum atomic E-state index is 14.4. The van der Waals surface area contributed by atoms with Gasteiger partial charge in [-0.3, -0.25) is 19.4 Å². The van der Waals surface area contributed by atoms with Gasteiger partial charge in [0.25, 0.3) is 17.6 Å². The van der Waals surface area contributed by atoms with Crippen LogP contribution in [-0.4, -0.2) is 45.7 Å². The van der Waals surface area contributed by atoms with Crippen molar-refractivity contribution in [2.24, 2.45) is 0 Å². The lowest BCUT2D eigenvalue weighted by Crippen LogP contribution is -2.51. The first-order valence-electron chi connectivity index (χ1n) is 12.8. The number of hydrogen-bond donors (Lipinski definition) is 1. The molecule has 2 amide bonds. The summed E-state index contributed by atoms with van der Waals surface area (Å²) < 4.78 is 5.64. The summed E-state index contributed by atoms with van der Waals surface area (Å²) in [6, 6.07) is 17.3. The summed E-state index contributed by atoms with van der Waals surface area (Å²) in [5.74, 6) is -1.97. The van der Waals surface area contributed by atoms with Gasteiger partial charge in [-0.15, -0.1) is 0 Å². The van der Waals surface area contributed by atoms with E-state index in [0.717, 1.165) is 6.42 Å². The minimum absolute atomic E-state index is 0.0287. The van der Waals surface area contributed by atoms with Crippen molar-refractivity contribution in [1.29, 1.82) is 0 Å². The predicted octanol–water partition coefficient (Wildman–Crippen LogP) is 4.40. The first-order valence-corrected chi connectivity index (χ1v) is 12.8. The number of hydrogen-bond acceptors (Lipinski definition) is 6. The number of carbonyl (C=O) groups excluding carboxylic acids is 3. The second-order valence-corrected chi connectivity index (χ2v) is 9.36. The van der Waals surface area contributed by atoms with Crippen LogP contribution in [0.4, 0.5) is 5.69 Å². The highest BCUT2D eigenvalue weighted by molar-refractivity contribution is 6.50. The molecule has 1 unspecified atom stereocenters. The molecule has 8 heteroatoms. The molecule has 1 saturated heterocycles. The molecule has 2 aliphatic rings. The number of aliphatic hydroxyl groups excluding tert-OH is 1. The summed E-state index contributed by atoms with van der Waals surface area (Å²) in [6.45, 7) is 4.87. The van der Waals surface area contributed by atoms with Gasteiger partial charge in [-0.1, -0.05) is 38.1 Å². The Morgan fingerprint density at radius 3 is 2.42 bits per heavy atom. The van der Waals surface area contributed by atoms with Crippen LogP contribution in [0.2, 0.25) is 0 Å². The van der Waals surface area contributed by atoms with Crippen LogP contribution < -0.4 is 9.64 Å². The fourth-order valence-electron chi connectivity index (χ4n) is 5.28. The van der Waals surface area contributed by atoms with Crippen molar-refractivity contribution in [2.75, 3.05) is 18.1 Å². The predicted molar refractivity (Wildman–Crippen MR) is 142 cm³/mol. The minimum Gasteiger partial charge on any atom is -0.507 e. The second kappa shape index (κ2) is 10.1. The van der Waals surface area contributed by atoms with Crippen LogP contribution in [-0.2, 0) is 26.5 Å². The maximum absolute atomic E-state index is 14.4. The summed E-state index contributed by atoms with van der Waals surface area (Å²) in [4.78, 5) is 48.7. The van der Waals surface area contributed by atoms with E-state index in [2.05, 4.69) is 4.98 Å². The molecule has 2 aromatic carbocycles. The average Bonchev–Trinajstić information content (AvgIpc) is 3.32. The molecule has 2 aliphatic heterocycles. The smallest absolute Gasteiger partial charge is 0.296 e. The zero-order valence-corrected chi connectivity index (χ0v) is 21.4. The summed E-state index contributed by atoms with van der Waals surface area (Å²) in [5.41, 5.74) is 0.0385. The number of para-hydroxylation sites is 1. The topological polar surface area (TPSA) is 100 Å². The van der Waals surface area contributed by atoms with Gasteiger partial charge in [-0.25, -0.2) is 0 Å². The number of aliphatic hydroxyl groups is 1. The number of carbonyl (C=O) groups is 3. The Bertz CT molecular complexity index is 1420. The van der Waals surface area contributed by atoms with Crippen LogP contribution in [0.3, 0.4) is 0 Å². The third-order valence-corrected chi connectivity index (χ3v) is 6.92. The third-order valence-electron chi connectivity index (χ3n) is 6.92. The van der Waals surface area contributed by atoms with E-state index >= 15 is 0 Å². The largest absolute Gasteiger partial charge is 0.507 e. The number of nitrogens with zero attached hydrogens (tertiary/aromatic N) is 3. The molecule has 8 nitrogen and oxygen atoms in total. The van der Waals surface area contributed by atoms with Crippen molar-refractivity contribution in [1.82, 2.24) is 9.88 Å². The molecule has 0 radical (unpaired) electrons. The molecular weight excluding hydrogens is 482 g/mol. The number of ketones is 1. The van der Waals surface area contributed by atoms with E-state index in [9.17, 15) is 19.5 Å². The Morgan fingerprint density at radius 1 is 0.974 bits per heavy atom. The molecule has 0 saturated carbocycles. The van der Waals surface area contributed by atoms with Gasteiger partial charge in [-0.05, 0) is 54.8 Å². The summed E-state index contributed by atoms with van der Waals surface area (Å²) in [7, 11) is 0. The fourth-order valence-corrected chi connectivity index (χ4v) is 5.28. The molecule has 1 fully saturated rings. The number of benzene rings is 2. The van der Waals surface area contributed by atoms with Crippen molar-refractivity contribution in [3.8, 4) is 5.75 Å². The molecule has 1 N–H and O–H groups in total. The standard InChI is InChI=1S/C30H29N3O5/c1-3-16-32-24-10-6-5-9-23(24)30(29(32)37)25(26(34)21-11-13-22(14-12-21)38-17-4-2)27(35)28(36)33(30)19-20-8-7-15-31-18-20/h5-15,18,34H,3-4,16-17,19H2,1-2H3. The lowest BCUT2D eigenvalue weighted by atomic mass is 9.81. The van der Waals surface area contributed by atoms with Crippen molar-refractivity contribution in [3.63, 3.8) is 0 Å². The normalized spacial score (nSPS) is 19.9. The van der Waals surface area contributed by atoms with E-state index < -0.39 is 28.9 Å².